The van der Waals surface area contributed by atoms with Crippen molar-refractivity contribution in [1.29, 1.82) is 0 Å². The van der Waals surface area contributed by atoms with E-state index in [1.807, 2.05) is 67.6 Å². The molecule has 0 unspecified atom stereocenters. The number of anilines is 1. The van der Waals surface area contributed by atoms with E-state index in [2.05, 4.69) is 5.32 Å². The van der Waals surface area contributed by atoms with Gasteiger partial charge < -0.3 is 10.2 Å². The number of amides is 2. The molecule has 7 nitrogen and oxygen atoms in total. The first-order chi connectivity index (χ1) is 17.2. The van der Waals surface area contributed by atoms with Crippen LogP contribution in [-0.2, 0) is 32.6 Å². The molecule has 3 rings (SSSR count). The van der Waals surface area contributed by atoms with Gasteiger partial charge in [0.1, 0.15) is 12.6 Å². The minimum atomic E-state index is -3.82. The monoisotopic (exact) mass is 527 g/mol. The van der Waals surface area contributed by atoms with Gasteiger partial charge in [0.05, 0.1) is 11.9 Å². The maximum absolute atomic E-state index is 13.8. The molecule has 190 valence electrons. The van der Waals surface area contributed by atoms with Gasteiger partial charge in [0.2, 0.25) is 21.8 Å². The Hall–Kier alpha value is -3.36. The van der Waals surface area contributed by atoms with Gasteiger partial charge in [-0.25, -0.2) is 8.42 Å². The molecule has 2 amide bonds. The lowest BCUT2D eigenvalue weighted by atomic mass is 10.0. The predicted molar refractivity (Wildman–Crippen MR) is 143 cm³/mol. The third kappa shape index (κ3) is 7.57. The van der Waals surface area contributed by atoms with Crippen molar-refractivity contribution in [3.05, 3.63) is 101 Å². The van der Waals surface area contributed by atoms with Crippen molar-refractivity contribution < 1.29 is 18.0 Å². The topological polar surface area (TPSA) is 86.8 Å². The van der Waals surface area contributed by atoms with E-state index in [0.29, 0.717) is 11.6 Å². The minimum Gasteiger partial charge on any atom is -0.355 e. The molecule has 0 aliphatic carbocycles. The van der Waals surface area contributed by atoms with E-state index in [0.717, 1.165) is 21.7 Å². The Bertz CT molecular complexity index is 1270. The Balaban J connectivity index is 2.01. The summed E-state index contributed by atoms with van der Waals surface area (Å²) >= 11 is 6.09. The van der Waals surface area contributed by atoms with Crippen LogP contribution in [0, 0.1) is 0 Å². The van der Waals surface area contributed by atoms with Gasteiger partial charge in [-0.05, 0) is 36.2 Å². The summed E-state index contributed by atoms with van der Waals surface area (Å²) in [5.41, 5.74) is 1.98. The third-order valence-corrected chi connectivity index (χ3v) is 6.97. The van der Waals surface area contributed by atoms with Gasteiger partial charge in [0.25, 0.3) is 0 Å². The van der Waals surface area contributed by atoms with Crippen LogP contribution in [0.2, 0.25) is 5.02 Å². The van der Waals surface area contributed by atoms with Crippen LogP contribution < -0.4 is 9.62 Å². The molecule has 0 bridgehead atoms. The van der Waals surface area contributed by atoms with Crippen molar-refractivity contribution in [2.24, 2.45) is 0 Å². The lowest BCUT2D eigenvalue weighted by molar-refractivity contribution is -0.140. The number of likely N-dealkylation sites (N-methyl/N-ethyl adjacent to an activating group) is 1. The highest BCUT2D eigenvalue weighted by Crippen LogP contribution is 2.23. The maximum Gasteiger partial charge on any atom is 0.244 e. The van der Waals surface area contributed by atoms with Crippen LogP contribution in [0.4, 0.5) is 5.69 Å². The summed E-state index contributed by atoms with van der Waals surface area (Å²) in [6.07, 6.45) is 1.31. The SMILES string of the molecule is CCNC(=O)[C@@H](Cc1ccccc1)N(Cc1ccccc1)C(=O)CN(c1cccc(Cl)c1)S(C)(=O)=O. The largest absolute Gasteiger partial charge is 0.355 e. The molecule has 0 fully saturated rings. The highest BCUT2D eigenvalue weighted by molar-refractivity contribution is 7.92. The molecule has 0 aliphatic rings. The van der Waals surface area contributed by atoms with Gasteiger partial charge in [0.15, 0.2) is 0 Å². The van der Waals surface area contributed by atoms with Crippen molar-refractivity contribution in [2.75, 3.05) is 23.7 Å². The first-order valence-electron chi connectivity index (χ1n) is 11.6. The smallest absolute Gasteiger partial charge is 0.244 e. The molecule has 0 heterocycles. The lowest BCUT2D eigenvalue weighted by Gasteiger charge is -2.33. The average Bonchev–Trinajstić information content (AvgIpc) is 2.85. The van der Waals surface area contributed by atoms with E-state index in [1.54, 1.807) is 18.2 Å². The van der Waals surface area contributed by atoms with E-state index >= 15 is 0 Å². The first kappa shape index (κ1) is 27.2. The molecule has 3 aromatic carbocycles. The van der Waals surface area contributed by atoms with Crippen molar-refractivity contribution >= 4 is 39.1 Å². The van der Waals surface area contributed by atoms with Gasteiger partial charge in [-0.15, -0.1) is 0 Å². The number of carbonyl (C=O) groups is 2. The molecule has 36 heavy (non-hydrogen) atoms. The summed E-state index contributed by atoms with van der Waals surface area (Å²) in [7, 11) is -3.82. The molecular formula is C27H30ClN3O4S. The summed E-state index contributed by atoms with van der Waals surface area (Å²) in [5, 5.41) is 3.17. The fraction of sp³-hybridized carbons (Fsp3) is 0.259. The number of nitrogens with zero attached hydrogens (tertiary/aromatic N) is 2. The molecule has 0 saturated carbocycles. The van der Waals surface area contributed by atoms with E-state index < -0.39 is 28.5 Å². The lowest BCUT2D eigenvalue weighted by Crippen LogP contribution is -2.53. The Kier molecular flexibility index (Phi) is 9.50. The molecule has 0 radical (unpaired) electrons. The van der Waals surface area contributed by atoms with Gasteiger partial charge >= 0.3 is 0 Å². The normalized spacial score (nSPS) is 12.0. The number of halogens is 1. The highest BCUT2D eigenvalue weighted by Gasteiger charge is 2.32. The van der Waals surface area contributed by atoms with Gasteiger partial charge in [-0.2, -0.15) is 0 Å². The van der Waals surface area contributed by atoms with Gasteiger partial charge in [-0.3, -0.25) is 13.9 Å². The molecule has 1 atom stereocenters. The molecule has 0 saturated heterocycles. The molecular weight excluding hydrogens is 498 g/mol. The van der Waals surface area contributed by atoms with Gasteiger partial charge in [-0.1, -0.05) is 78.3 Å². The summed E-state index contributed by atoms with van der Waals surface area (Å²) in [4.78, 5) is 28.5. The van der Waals surface area contributed by atoms with Crippen LogP contribution >= 0.6 is 11.6 Å². The Morgan fingerprint density at radius 3 is 2.08 bits per heavy atom. The first-order valence-corrected chi connectivity index (χ1v) is 13.8. The van der Waals surface area contributed by atoms with Gasteiger partial charge in [0, 0.05) is 24.5 Å². The zero-order chi connectivity index (χ0) is 26.1. The number of hydrogen-bond acceptors (Lipinski definition) is 4. The van der Waals surface area contributed by atoms with Crippen molar-refractivity contribution in [2.45, 2.75) is 25.9 Å². The summed E-state index contributed by atoms with van der Waals surface area (Å²) in [5.74, 6) is -0.810. The number of hydrogen-bond donors (Lipinski definition) is 1. The minimum absolute atomic E-state index is 0.140. The molecule has 1 N–H and O–H groups in total. The number of sulfonamides is 1. The van der Waals surface area contributed by atoms with Crippen LogP contribution in [0.1, 0.15) is 18.1 Å². The third-order valence-electron chi connectivity index (χ3n) is 5.59. The summed E-state index contributed by atoms with van der Waals surface area (Å²) < 4.78 is 26.4. The Morgan fingerprint density at radius 2 is 1.53 bits per heavy atom. The molecule has 3 aromatic rings. The Labute approximate surface area is 217 Å². The fourth-order valence-electron chi connectivity index (χ4n) is 3.87. The molecule has 0 aliphatic heterocycles. The van der Waals surface area contributed by atoms with E-state index in [9.17, 15) is 18.0 Å². The summed E-state index contributed by atoms with van der Waals surface area (Å²) in [6.45, 7) is 1.87. The van der Waals surface area contributed by atoms with E-state index in [4.69, 9.17) is 11.6 Å². The number of carbonyl (C=O) groups excluding carboxylic acids is 2. The zero-order valence-corrected chi connectivity index (χ0v) is 21.9. The van der Waals surface area contributed by atoms with Crippen molar-refractivity contribution in [3.63, 3.8) is 0 Å². The second-order valence-electron chi connectivity index (χ2n) is 8.36. The summed E-state index contributed by atoms with van der Waals surface area (Å²) in [6, 6.07) is 24.2. The van der Waals surface area contributed by atoms with Crippen LogP contribution in [0.25, 0.3) is 0 Å². The van der Waals surface area contributed by atoms with E-state index in [1.165, 1.54) is 11.0 Å². The molecule has 9 heteroatoms. The van der Waals surface area contributed by atoms with Crippen LogP contribution in [0.5, 0.6) is 0 Å². The fourth-order valence-corrected chi connectivity index (χ4v) is 4.90. The number of nitrogens with one attached hydrogen (secondary N) is 1. The quantitative estimate of drug-likeness (QED) is 0.410. The maximum atomic E-state index is 13.8. The standard InChI is InChI=1S/C27H30ClN3O4S/c1-3-29-27(33)25(17-21-11-6-4-7-12-21)30(19-22-13-8-5-9-14-22)26(32)20-31(36(2,34)35)24-16-10-15-23(28)18-24/h4-16,18,25H,3,17,19-20H2,1-2H3,(H,29,33)/t25-/m1/s1. The second kappa shape index (κ2) is 12.6. The molecule has 0 aromatic heterocycles. The van der Waals surface area contributed by atoms with Crippen LogP contribution in [0.15, 0.2) is 84.9 Å². The number of benzene rings is 3. The van der Waals surface area contributed by atoms with Crippen molar-refractivity contribution in [1.82, 2.24) is 10.2 Å². The molecule has 0 spiro atoms. The van der Waals surface area contributed by atoms with Crippen LogP contribution in [-0.4, -0.2) is 50.5 Å². The van der Waals surface area contributed by atoms with E-state index in [-0.39, 0.29) is 24.6 Å². The second-order valence-corrected chi connectivity index (χ2v) is 10.7. The predicted octanol–water partition coefficient (Wildman–Crippen LogP) is 3.88. The van der Waals surface area contributed by atoms with Crippen molar-refractivity contribution in [3.8, 4) is 0 Å². The number of rotatable bonds is 11. The Morgan fingerprint density at radius 1 is 0.917 bits per heavy atom. The van der Waals surface area contributed by atoms with Crippen LogP contribution in [0.3, 0.4) is 0 Å². The average molecular weight is 528 g/mol. The zero-order valence-electron chi connectivity index (χ0n) is 20.3. The highest BCUT2D eigenvalue weighted by atomic mass is 35.5.